The highest BCUT2D eigenvalue weighted by Gasteiger charge is 2.17. The topological polar surface area (TPSA) is 38.3 Å². The van der Waals surface area contributed by atoms with Crippen LogP contribution < -0.4 is 10.1 Å². The van der Waals surface area contributed by atoms with Crippen LogP contribution in [-0.2, 0) is 0 Å². The highest BCUT2D eigenvalue weighted by Crippen LogP contribution is 2.23. The van der Waals surface area contributed by atoms with Gasteiger partial charge >= 0.3 is 0 Å². The molecule has 126 valence electrons. The summed E-state index contributed by atoms with van der Waals surface area (Å²) in [5.74, 6) is 0.574. The van der Waals surface area contributed by atoms with Crippen LogP contribution in [0.5, 0.6) is 5.75 Å². The van der Waals surface area contributed by atoms with Crippen LogP contribution in [0.2, 0.25) is 0 Å². The van der Waals surface area contributed by atoms with Crippen molar-refractivity contribution in [1.29, 1.82) is 0 Å². The largest absolute Gasteiger partial charge is 0.494 e. The standard InChI is InChI=1S/C22H21NO2/c1-2-25-20-15-9-14-19(16-20)22(24)23-21(17-10-5-3-6-11-17)18-12-7-4-8-13-18/h3-16,21H,2H2,1H3,(H,23,24). The van der Waals surface area contributed by atoms with Crippen molar-refractivity contribution in [2.75, 3.05) is 6.61 Å². The molecule has 3 rings (SSSR count). The van der Waals surface area contributed by atoms with E-state index in [0.29, 0.717) is 17.9 Å². The third-order valence-electron chi connectivity index (χ3n) is 3.95. The Labute approximate surface area is 148 Å². The van der Waals surface area contributed by atoms with Crippen molar-refractivity contribution in [2.45, 2.75) is 13.0 Å². The fourth-order valence-electron chi connectivity index (χ4n) is 2.76. The number of benzene rings is 3. The normalized spacial score (nSPS) is 10.5. The van der Waals surface area contributed by atoms with E-state index in [4.69, 9.17) is 4.74 Å². The molecule has 0 aliphatic heterocycles. The van der Waals surface area contributed by atoms with Crippen molar-refractivity contribution in [2.24, 2.45) is 0 Å². The molecule has 0 bridgehead atoms. The van der Waals surface area contributed by atoms with E-state index in [0.717, 1.165) is 11.1 Å². The summed E-state index contributed by atoms with van der Waals surface area (Å²) in [4.78, 5) is 12.8. The molecule has 0 heterocycles. The zero-order valence-electron chi connectivity index (χ0n) is 14.2. The molecule has 0 aromatic heterocycles. The molecule has 0 spiro atoms. The van der Waals surface area contributed by atoms with Gasteiger partial charge in [-0.3, -0.25) is 4.79 Å². The number of ether oxygens (including phenoxy) is 1. The number of nitrogens with one attached hydrogen (secondary N) is 1. The van der Waals surface area contributed by atoms with E-state index in [9.17, 15) is 4.79 Å². The SMILES string of the molecule is CCOc1cccc(C(=O)NC(c2ccccc2)c2ccccc2)c1. The van der Waals surface area contributed by atoms with E-state index >= 15 is 0 Å². The Morgan fingerprint density at radius 2 is 1.48 bits per heavy atom. The number of hydrogen-bond acceptors (Lipinski definition) is 2. The highest BCUT2D eigenvalue weighted by atomic mass is 16.5. The van der Waals surface area contributed by atoms with E-state index in [1.807, 2.05) is 79.7 Å². The maximum absolute atomic E-state index is 12.8. The lowest BCUT2D eigenvalue weighted by Gasteiger charge is -2.20. The van der Waals surface area contributed by atoms with Gasteiger partial charge in [0.05, 0.1) is 12.6 Å². The molecule has 1 N–H and O–H groups in total. The van der Waals surface area contributed by atoms with E-state index < -0.39 is 0 Å². The molecule has 0 unspecified atom stereocenters. The average Bonchev–Trinajstić information content (AvgIpc) is 2.68. The average molecular weight is 331 g/mol. The smallest absolute Gasteiger partial charge is 0.252 e. The van der Waals surface area contributed by atoms with Crippen molar-refractivity contribution < 1.29 is 9.53 Å². The van der Waals surface area contributed by atoms with Crippen LogP contribution in [-0.4, -0.2) is 12.5 Å². The van der Waals surface area contributed by atoms with Crippen LogP contribution in [0.4, 0.5) is 0 Å². The molecule has 1 amide bonds. The minimum Gasteiger partial charge on any atom is -0.494 e. The summed E-state index contributed by atoms with van der Waals surface area (Å²) in [6.07, 6.45) is 0. The Balaban J connectivity index is 1.88. The summed E-state index contributed by atoms with van der Waals surface area (Å²) < 4.78 is 5.49. The molecule has 0 saturated heterocycles. The summed E-state index contributed by atoms with van der Waals surface area (Å²) in [5.41, 5.74) is 2.67. The summed E-state index contributed by atoms with van der Waals surface area (Å²) in [6.45, 7) is 2.50. The summed E-state index contributed by atoms with van der Waals surface area (Å²) in [6, 6.07) is 27.0. The summed E-state index contributed by atoms with van der Waals surface area (Å²) in [5, 5.41) is 3.14. The van der Waals surface area contributed by atoms with Gasteiger partial charge in [-0.05, 0) is 36.2 Å². The second kappa shape index (κ2) is 8.15. The first kappa shape index (κ1) is 16.8. The van der Waals surface area contributed by atoms with Gasteiger partial charge < -0.3 is 10.1 Å². The van der Waals surface area contributed by atoms with Gasteiger partial charge in [0.25, 0.3) is 5.91 Å². The Morgan fingerprint density at radius 3 is 2.04 bits per heavy atom. The number of carbonyl (C=O) groups is 1. The molecule has 0 fully saturated rings. The zero-order valence-corrected chi connectivity index (χ0v) is 14.2. The maximum atomic E-state index is 12.8. The van der Waals surface area contributed by atoms with Gasteiger partial charge in [0.1, 0.15) is 5.75 Å². The third-order valence-corrected chi connectivity index (χ3v) is 3.95. The first-order chi connectivity index (χ1) is 12.3. The highest BCUT2D eigenvalue weighted by molar-refractivity contribution is 5.95. The van der Waals surface area contributed by atoms with Crippen molar-refractivity contribution >= 4 is 5.91 Å². The lowest BCUT2D eigenvalue weighted by molar-refractivity contribution is 0.0942. The van der Waals surface area contributed by atoms with Crippen molar-refractivity contribution in [3.63, 3.8) is 0 Å². The Morgan fingerprint density at radius 1 is 0.880 bits per heavy atom. The first-order valence-corrected chi connectivity index (χ1v) is 8.41. The second-order valence-corrected chi connectivity index (χ2v) is 5.69. The van der Waals surface area contributed by atoms with Crippen LogP contribution in [0.3, 0.4) is 0 Å². The monoisotopic (exact) mass is 331 g/mol. The van der Waals surface area contributed by atoms with Crippen LogP contribution in [0, 0.1) is 0 Å². The molecule has 0 saturated carbocycles. The molecule has 3 aromatic carbocycles. The van der Waals surface area contributed by atoms with E-state index in [1.165, 1.54) is 0 Å². The van der Waals surface area contributed by atoms with E-state index in [2.05, 4.69) is 5.32 Å². The summed E-state index contributed by atoms with van der Waals surface area (Å²) in [7, 11) is 0. The van der Waals surface area contributed by atoms with Gasteiger partial charge in [0, 0.05) is 5.56 Å². The lowest BCUT2D eigenvalue weighted by Crippen LogP contribution is -2.29. The van der Waals surface area contributed by atoms with Gasteiger partial charge in [-0.15, -0.1) is 0 Å². The van der Waals surface area contributed by atoms with Gasteiger partial charge in [0.15, 0.2) is 0 Å². The summed E-state index contributed by atoms with van der Waals surface area (Å²) >= 11 is 0. The second-order valence-electron chi connectivity index (χ2n) is 5.69. The van der Waals surface area contributed by atoms with Gasteiger partial charge in [-0.1, -0.05) is 66.7 Å². The van der Waals surface area contributed by atoms with E-state index in [1.54, 1.807) is 12.1 Å². The molecule has 0 aliphatic rings. The molecule has 3 aromatic rings. The quantitative estimate of drug-likeness (QED) is 0.716. The Hall–Kier alpha value is -3.07. The van der Waals surface area contributed by atoms with Crippen LogP contribution in [0.1, 0.15) is 34.5 Å². The minimum atomic E-state index is -0.203. The fraction of sp³-hybridized carbons (Fsp3) is 0.136. The van der Waals surface area contributed by atoms with Crippen molar-refractivity contribution in [3.05, 3.63) is 102 Å². The minimum absolute atomic E-state index is 0.126. The number of carbonyl (C=O) groups excluding carboxylic acids is 1. The first-order valence-electron chi connectivity index (χ1n) is 8.41. The molecule has 0 aliphatic carbocycles. The van der Waals surface area contributed by atoms with Crippen molar-refractivity contribution in [1.82, 2.24) is 5.32 Å². The lowest BCUT2D eigenvalue weighted by atomic mass is 9.98. The predicted molar refractivity (Wildman–Crippen MR) is 99.8 cm³/mol. The van der Waals surface area contributed by atoms with Gasteiger partial charge in [0.2, 0.25) is 0 Å². The molecule has 25 heavy (non-hydrogen) atoms. The number of hydrogen-bond donors (Lipinski definition) is 1. The zero-order chi connectivity index (χ0) is 17.5. The third kappa shape index (κ3) is 4.27. The molecule has 0 atom stereocenters. The molecule has 0 radical (unpaired) electrons. The van der Waals surface area contributed by atoms with Crippen LogP contribution >= 0.6 is 0 Å². The Kier molecular flexibility index (Phi) is 5.47. The predicted octanol–water partition coefficient (Wildman–Crippen LogP) is 4.60. The fourth-order valence-corrected chi connectivity index (χ4v) is 2.76. The van der Waals surface area contributed by atoms with Crippen molar-refractivity contribution in [3.8, 4) is 5.75 Å². The maximum Gasteiger partial charge on any atom is 0.252 e. The van der Waals surface area contributed by atoms with Gasteiger partial charge in [-0.25, -0.2) is 0 Å². The number of amides is 1. The number of rotatable bonds is 6. The van der Waals surface area contributed by atoms with Crippen LogP contribution in [0.15, 0.2) is 84.9 Å². The molecule has 3 nitrogen and oxygen atoms in total. The van der Waals surface area contributed by atoms with Gasteiger partial charge in [-0.2, -0.15) is 0 Å². The molecular weight excluding hydrogens is 310 g/mol. The molecular formula is C22H21NO2. The van der Waals surface area contributed by atoms with Crippen LogP contribution in [0.25, 0.3) is 0 Å². The van der Waals surface area contributed by atoms with E-state index in [-0.39, 0.29) is 11.9 Å². The Bertz CT molecular complexity index is 776. The molecule has 3 heteroatoms.